The number of benzene rings is 1. The number of hydrogen-bond donors (Lipinski definition) is 3. The molecule has 0 aliphatic carbocycles. The van der Waals surface area contributed by atoms with E-state index in [0.717, 1.165) is 5.01 Å². The van der Waals surface area contributed by atoms with Gasteiger partial charge in [0.05, 0.1) is 11.9 Å². The molecule has 1 aliphatic rings. The number of carbonyl (C=O) groups is 2. The number of rotatable bonds is 7. The Bertz CT molecular complexity index is 698. The van der Waals surface area contributed by atoms with Gasteiger partial charge in [-0.1, -0.05) is 13.2 Å². The number of nitrogens with one attached hydrogen (secondary N) is 1. The molecule has 1 saturated heterocycles. The quantitative estimate of drug-likeness (QED) is 0.299. The molecule has 9 heteroatoms. The summed E-state index contributed by atoms with van der Waals surface area (Å²) < 4.78 is 5.38. The number of urea groups is 1. The van der Waals surface area contributed by atoms with Crippen LogP contribution in [0.1, 0.15) is 5.56 Å². The van der Waals surface area contributed by atoms with Crippen molar-refractivity contribution >= 4 is 29.6 Å². The maximum absolute atomic E-state index is 11.7. The number of imide groups is 1. The summed E-state index contributed by atoms with van der Waals surface area (Å²) in [5, 5.41) is 22.4. The van der Waals surface area contributed by atoms with Crippen molar-refractivity contribution in [2.75, 3.05) is 18.8 Å². The lowest BCUT2D eigenvalue weighted by molar-refractivity contribution is -0.127. The summed E-state index contributed by atoms with van der Waals surface area (Å²) in [5.74, 6) is -0.156. The molecular weight excluding hydrogens is 316 g/mol. The number of allylic oxidation sites excluding steroid dienone is 1. The van der Waals surface area contributed by atoms with Crippen molar-refractivity contribution in [3.05, 3.63) is 48.7 Å². The van der Waals surface area contributed by atoms with Crippen molar-refractivity contribution in [2.24, 2.45) is 5.10 Å². The van der Waals surface area contributed by atoms with Crippen LogP contribution in [-0.4, -0.2) is 51.7 Å². The van der Waals surface area contributed by atoms with E-state index in [-0.39, 0.29) is 18.1 Å². The second-order valence-electron chi connectivity index (χ2n) is 4.73. The molecule has 3 N–H and O–H groups in total. The zero-order valence-corrected chi connectivity index (χ0v) is 12.7. The molecule has 0 aromatic heterocycles. The van der Waals surface area contributed by atoms with E-state index in [9.17, 15) is 9.59 Å². The standard InChI is InChI=1S/C15H16N4O5/c1-10(7-16-19-8-14(21)18(9-20)15(19)22)24-11(2)12-3-5-13(17-23)6-4-12/h3-7,17,20,23H,1-2,8-9H2/b16-7+. The van der Waals surface area contributed by atoms with Crippen LogP contribution in [0.4, 0.5) is 10.5 Å². The molecule has 24 heavy (non-hydrogen) atoms. The smallest absolute Gasteiger partial charge is 0.349 e. The fraction of sp³-hybridized carbons (Fsp3) is 0.133. The number of amides is 3. The highest BCUT2D eigenvalue weighted by Crippen LogP contribution is 2.19. The monoisotopic (exact) mass is 332 g/mol. The molecule has 1 fully saturated rings. The van der Waals surface area contributed by atoms with Gasteiger partial charge in [0.1, 0.15) is 24.8 Å². The maximum atomic E-state index is 11.7. The predicted molar refractivity (Wildman–Crippen MR) is 85.6 cm³/mol. The highest BCUT2D eigenvalue weighted by Gasteiger charge is 2.35. The molecule has 2 rings (SSSR count). The highest BCUT2D eigenvalue weighted by molar-refractivity contribution is 6.02. The molecule has 126 valence electrons. The lowest BCUT2D eigenvalue weighted by Crippen LogP contribution is -2.32. The van der Waals surface area contributed by atoms with Gasteiger partial charge < -0.3 is 9.84 Å². The molecule has 0 saturated carbocycles. The van der Waals surface area contributed by atoms with Gasteiger partial charge in [-0.05, 0) is 24.3 Å². The third-order valence-corrected chi connectivity index (χ3v) is 3.11. The number of hydrogen-bond acceptors (Lipinski definition) is 7. The average Bonchev–Trinajstić information content (AvgIpc) is 2.86. The first-order valence-electron chi connectivity index (χ1n) is 6.79. The van der Waals surface area contributed by atoms with Gasteiger partial charge in [-0.25, -0.2) is 14.7 Å². The number of nitrogens with zero attached hydrogens (tertiary/aromatic N) is 3. The number of hydrazone groups is 1. The first kappa shape index (κ1) is 17.2. The van der Waals surface area contributed by atoms with Crippen LogP contribution in [0, 0.1) is 0 Å². The number of ether oxygens (including phenoxy) is 1. The Morgan fingerprint density at radius 3 is 2.54 bits per heavy atom. The average molecular weight is 332 g/mol. The van der Waals surface area contributed by atoms with Gasteiger partial charge in [0.25, 0.3) is 5.91 Å². The Morgan fingerprint density at radius 2 is 2.00 bits per heavy atom. The van der Waals surface area contributed by atoms with Gasteiger partial charge in [-0.15, -0.1) is 0 Å². The Kier molecular flexibility index (Phi) is 5.30. The Labute approximate surface area is 137 Å². The lowest BCUT2D eigenvalue weighted by Gasteiger charge is -2.11. The van der Waals surface area contributed by atoms with E-state index < -0.39 is 18.7 Å². The van der Waals surface area contributed by atoms with E-state index in [1.165, 1.54) is 6.21 Å². The summed E-state index contributed by atoms with van der Waals surface area (Å²) >= 11 is 0. The minimum Gasteiger partial charge on any atom is -0.456 e. The molecule has 0 atom stereocenters. The highest BCUT2D eigenvalue weighted by atomic mass is 16.5. The van der Waals surface area contributed by atoms with Crippen molar-refractivity contribution in [1.29, 1.82) is 0 Å². The molecular formula is C15H16N4O5. The lowest BCUT2D eigenvalue weighted by atomic mass is 10.2. The summed E-state index contributed by atoms with van der Waals surface area (Å²) in [6.07, 6.45) is 1.17. The van der Waals surface area contributed by atoms with Crippen LogP contribution in [0.2, 0.25) is 0 Å². The van der Waals surface area contributed by atoms with E-state index in [0.29, 0.717) is 16.2 Å². The van der Waals surface area contributed by atoms with Gasteiger partial charge in [0.15, 0.2) is 0 Å². The van der Waals surface area contributed by atoms with Gasteiger partial charge in [-0.2, -0.15) is 5.10 Å². The zero-order valence-electron chi connectivity index (χ0n) is 12.7. The zero-order chi connectivity index (χ0) is 17.7. The number of aliphatic hydroxyl groups is 1. The van der Waals surface area contributed by atoms with Crippen LogP contribution >= 0.6 is 0 Å². The summed E-state index contributed by atoms with van der Waals surface area (Å²) in [4.78, 5) is 23.8. The van der Waals surface area contributed by atoms with Crippen molar-refractivity contribution < 1.29 is 24.6 Å². The molecule has 3 amide bonds. The van der Waals surface area contributed by atoms with E-state index in [1.54, 1.807) is 24.3 Å². The molecule has 0 radical (unpaired) electrons. The maximum Gasteiger partial charge on any atom is 0.349 e. The normalized spacial score (nSPS) is 14.4. The van der Waals surface area contributed by atoms with Crippen LogP contribution < -0.4 is 5.48 Å². The van der Waals surface area contributed by atoms with Crippen molar-refractivity contribution in [3.8, 4) is 0 Å². The minimum absolute atomic E-state index is 0.104. The van der Waals surface area contributed by atoms with Crippen LogP contribution in [0.3, 0.4) is 0 Å². The third kappa shape index (κ3) is 3.77. The summed E-state index contributed by atoms with van der Waals surface area (Å²) in [6.45, 7) is 6.41. The SMILES string of the molecule is C=C(/C=N/N1CC(=O)N(CO)C1=O)OC(=C)c1ccc(NO)cc1. The van der Waals surface area contributed by atoms with Gasteiger partial charge >= 0.3 is 6.03 Å². The molecule has 0 spiro atoms. The second kappa shape index (κ2) is 7.40. The predicted octanol–water partition coefficient (Wildman–Crippen LogP) is 1.19. The number of aliphatic hydroxyl groups excluding tert-OH is 1. The molecule has 9 nitrogen and oxygen atoms in total. The van der Waals surface area contributed by atoms with Crippen LogP contribution in [0.15, 0.2) is 48.3 Å². The van der Waals surface area contributed by atoms with Crippen LogP contribution in [0.5, 0.6) is 0 Å². The van der Waals surface area contributed by atoms with Crippen molar-refractivity contribution in [2.45, 2.75) is 0 Å². The minimum atomic E-state index is -0.725. The fourth-order valence-corrected chi connectivity index (χ4v) is 1.86. The van der Waals surface area contributed by atoms with Gasteiger partial charge in [-0.3, -0.25) is 15.5 Å². The van der Waals surface area contributed by atoms with Crippen molar-refractivity contribution in [3.63, 3.8) is 0 Å². The van der Waals surface area contributed by atoms with Crippen molar-refractivity contribution in [1.82, 2.24) is 9.91 Å². The van der Waals surface area contributed by atoms with E-state index in [1.807, 2.05) is 5.48 Å². The summed E-state index contributed by atoms with van der Waals surface area (Å²) in [7, 11) is 0. The van der Waals surface area contributed by atoms with Gasteiger partial charge in [0.2, 0.25) is 0 Å². The van der Waals surface area contributed by atoms with E-state index >= 15 is 0 Å². The first-order valence-corrected chi connectivity index (χ1v) is 6.79. The van der Waals surface area contributed by atoms with Gasteiger partial charge in [0, 0.05) is 5.56 Å². The number of carbonyl (C=O) groups excluding carboxylic acids is 2. The van der Waals surface area contributed by atoms with E-state index in [4.69, 9.17) is 15.1 Å². The molecule has 1 heterocycles. The Hall–Kier alpha value is -3.17. The largest absolute Gasteiger partial charge is 0.456 e. The molecule has 0 unspecified atom stereocenters. The second-order valence-corrected chi connectivity index (χ2v) is 4.73. The topological polar surface area (TPSA) is 115 Å². The molecule has 1 aromatic rings. The third-order valence-electron chi connectivity index (χ3n) is 3.11. The van der Waals surface area contributed by atoms with Crippen LogP contribution in [-0.2, 0) is 9.53 Å². The molecule has 1 aromatic carbocycles. The fourth-order valence-electron chi connectivity index (χ4n) is 1.86. The Morgan fingerprint density at radius 1 is 1.33 bits per heavy atom. The first-order chi connectivity index (χ1) is 11.5. The summed E-state index contributed by atoms with van der Waals surface area (Å²) in [6, 6.07) is 5.87. The molecule has 0 bridgehead atoms. The Balaban J connectivity index is 1.94. The summed E-state index contributed by atoms with van der Waals surface area (Å²) in [5.41, 5.74) is 3.17. The van der Waals surface area contributed by atoms with E-state index in [2.05, 4.69) is 18.3 Å². The number of anilines is 1. The molecule has 1 aliphatic heterocycles. The van der Waals surface area contributed by atoms with Crippen LogP contribution in [0.25, 0.3) is 5.76 Å².